The van der Waals surface area contributed by atoms with Gasteiger partial charge in [0.15, 0.2) is 0 Å². The van der Waals surface area contributed by atoms with E-state index in [1.54, 1.807) is 31.2 Å². The normalized spacial score (nSPS) is 16.5. The van der Waals surface area contributed by atoms with Crippen LogP contribution >= 0.6 is 0 Å². The van der Waals surface area contributed by atoms with Gasteiger partial charge in [-0.3, -0.25) is 29.3 Å². The summed E-state index contributed by atoms with van der Waals surface area (Å²) in [7, 11) is 0. The number of nitrogens with zero attached hydrogens (tertiary/aromatic N) is 2. The minimum absolute atomic E-state index is 0.0596. The lowest BCUT2D eigenvalue weighted by Crippen LogP contribution is -2.51. The van der Waals surface area contributed by atoms with Gasteiger partial charge in [-0.05, 0) is 81.1 Å². The van der Waals surface area contributed by atoms with Crippen LogP contribution < -0.4 is 16.1 Å². The Morgan fingerprint density at radius 2 is 1.48 bits per heavy atom. The lowest BCUT2D eigenvalue weighted by Gasteiger charge is -2.38. The number of benzene rings is 2. The van der Waals surface area contributed by atoms with E-state index in [1.165, 1.54) is 12.4 Å². The molecule has 2 aromatic carbocycles. The molecule has 1 aliphatic carbocycles. The van der Waals surface area contributed by atoms with Gasteiger partial charge in [-0.25, -0.2) is 5.48 Å². The number of aliphatic hydroxyl groups excluding tert-OH is 1. The molecule has 222 valence electrons. The molecule has 4 amide bonds. The molecule has 11 heteroatoms. The summed E-state index contributed by atoms with van der Waals surface area (Å²) in [6.07, 6.45) is 2.79. The lowest BCUT2D eigenvalue weighted by atomic mass is 10.0. The molecule has 42 heavy (non-hydrogen) atoms. The van der Waals surface area contributed by atoms with Crippen molar-refractivity contribution in [2.24, 2.45) is 0 Å². The van der Waals surface area contributed by atoms with Crippen LogP contribution in [0.2, 0.25) is 0 Å². The second kappa shape index (κ2) is 14.1. The number of likely N-dealkylation sites (tertiary alicyclic amines) is 1. The Hall–Kier alpha value is -4.24. The summed E-state index contributed by atoms with van der Waals surface area (Å²) in [5.74, 6) is 4.63. The summed E-state index contributed by atoms with van der Waals surface area (Å²) in [5.41, 5.74) is 3.79. The van der Waals surface area contributed by atoms with Gasteiger partial charge in [-0.1, -0.05) is 11.8 Å². The van der Waals surface area contributed by atoms with Crippen LogP contribution in [0.5, 0.6) is 0 Å². The van der Waals surface area contributed by atoms with Gasteiger partial charge in [0.05, 0.1) is 12.6 Å². The molecule has 0 aromatic heterocycles. The standard InChI is InChI=1S/C31H37N5O6/c1-20(37)29(31(41)34-42)33-30(40)24-9-5-22(6-10-24)3-4-23-7-11-25(12-8-23)32-28(39)19-36(26-13-14-26)27-15-17-35(18-16-27)21(2)38/h5-12,20,26-27,29,37,42H,13-19H2,1-2H3,(H,32,39)(H,33,40)(H,34,41). The first kappa shape index (κ1) is 30.7. The Balaban J connectivity index is 1.29. The van der Waals surface area contributed by atoms with Crippen LogP contribution in [-0.2, 0) is 14.4 Å². The molecule has 11 nitrogen and oxygen atoms in total. The van der Waals surface area contributed by atoms with Gasteiger partial charge in [0.25, 0.3) is 11.8 Å². The van der Waals surface area contributed by atoms with Gasteiger partial charge < -0.3 is 20.6 Å². The first-order valence-corrected chi connectivity index (χ1v) is 14.1. The van der Waals surface area contributed by atoms with Crippen LogP contribution in [0.15, 0.2) is 48.5 Å². The number of rotatable bonds is 9. The first-order valence-electron chi connectivity index (χ1n) is 14.1. The SMILES string of the molecule is CC(=O)N1CCC(N(CC(=O)Nc2ccc(C#Cc3ccc(C(=O)NC(C(=O)NO)C(C)O)cc3)cc2)C2CC2)CC1. The zero-order valence-corrected chi connectivity index (χ0v) is 23.8. The summed E-state index contributed by atoms with van der Waals surface area (Å²) >= 11 is 0. The first-order chi connectivity index (χ1) is 20.1. The van der Waals surface area contributed by atoms with Gasteiger partial charge in [0, 0.05) is 54.5 Å². The Labute approximate surface area is 245 Å². The van der Waals surface area contributed by atoms with Gasteiger partial charge >= 0.3 is 0 Å². The highest BCUT2D eigenvalue weighted by atomic mass is 16.5. The predicted molar refractivity (Wildman–Crippen MR) is 155 cm³/mol. The highest BCUT2D eigenvalue weighted by Crippen LogP contribution is 2.31. The number of nitrogens with one attached hydrogen (secondary N) is 3. The molecule has 0 spiro atoms. The zero-order chi connectivity index (χ0) is 30.2. The van der Waals surface area contributed by atoms with Crippen molar-refractivity contribution in [2.45, 2.75) is 63.8 Å². The number of piperidine rings is 1. The van der Waals surface area contributed by atoms with Crippen LogP contribution in [0.1, 0.15) is 61.0 Å². The highest BCUT2D eigenvalue weighted by Gasteiger charge is 2.36. The van der Waals surface area contributed by atoms with E-state index in [4.69, 9.17) is 5.21 Å². The molecular formula is C31H37N5O6. The van der Waals surface area contributed by atoms with Crippen molar-refractivity contribution in [3.63, 3.8) is 0 Å². The lowest BCUT2D eigenvalue weighted by molar-refractivity contribution is -0.133. The summed E-state index contributed by atoms with van der Waals surface area (Å²) < 4.78 is 0. The predicted octanol–water partition coefficient (Wildman–Crippen LogP) is 1.48. The molecule has 2 unspecified atom stereocenters. The monoisotopic (exact) mass is 575 g/mol. The van der Waals surface area contributed by atoms with E-state index in [-0.39, 0.29) is 17.4 Å². The van der Waals surface area contributed by atoms with Crippen molar-refractivity contribution in [3.05, 3.63) is 65.2 Å². The van der Waals surface area contributed by atoms with E-state index < -0.39 is 24.0 Å². The molecule has 1 heterocycles. The van der Waals surface area contributed by atoms with Gasteiger partial charge in [0.1, 0.15) is 6.04 Å². The van der Waals surface area contributed by atoms with Crippen molar-refractivity contribution in [3.8, 4) is 11.8 Å². The van der Waals surface area contributed by atoms with Crippen molar-refractivity contribution in [2.75, 3.05) is 25.0 Å². The topological polar surface area (TPSA) is 151 Å². The molecule has 4 rings (SSSR count). The van der Waals surface area contributed by atoms with Gasteiger partial charge in [0.2, 0.25) is 11.8 Å². The smallest absolute Gasteiger partial charge is 0.268 e. The van der Waals surface area contributed by atoms with Crippen LogP contribution in [-0.4, -0.2) is 87.6 Å². The number of hydrogen-bond donors (Lipinski definition) is 5. The summed E-state index contributed by atoms with van der Waals surface area (Å²) in [6, 6.07) is 13.1. The van der Waals surface area contributed by atoms with E-state index in [0.717, 1.165) is 44.3 Å². The number of anilines is 1. The fraction of sp³-hybridized carbons (Fsp3) is 0.419. The molecule has 2 atom stereocenters. The average Bonchev–Trinajstić information content (AvgIpc) is 3.83. The highest BCUT2D eigenvalue weighted by molar-refractivity contribution is 5.97. The maximum atomic E-state index is 12.9. The van der Waals surface area contributed by atoms with Crippen molar-refractivity contribution < 1.29 is 29.5 Å². The summed E-state index contributed by atoms with van der Waals surface area (Å²) in [6.45, 7) is 4.74. The zero-order valence-electron chi connectivity index (χ0n) is 23.8. The fourth-order valence-electron chi connectivity index (χ4n) is 5.03. The van der Waals surface area contributed by atoms with Crippen LogP contribution in [0.4, 0.5) is 5.69 Å². The third kappa shape index (κ3) is 8.39. The Morgan fingerprint density at radius 3 is 1.98 bits per heavy atom. The van der Waals surface area contributed by atoms with E-state index >= 15 is 0 Å². The Kier molecular flexibility index (Phi) is 10.3. The number of hydroxylamine groups is 1. The van der Waals surface area contributed by atoms with Crippen LogP contribution in [0, 0.1) is 11.8 Å². The maximum absolute atomic E-state index is 12.9. The number of aliphatic hydroxyl groups is 1. The molecule has 2 aromatic rings. The third-order valence-corrected chi connectivity index (χ3v) is 7.55. The molecular weight excluding hydrogens is 538 g/mol. The molecule has 0 bridgehead atoms. The molecule has 2 fully saturated rings. The second-order valence-corrected chi connectivity index (χ2v) is 10.8. The van der Waals surface area contributed by atoms with E-state index in [0.29, 0.717) is 29.9 Å². The third-order valence-electron chi connectivity index (χ3n) is 7.55. The van der Waals surface area contributed by atoms with E-state index in [9.17, 15) is 24.3 Å². The Bertz CT molecular complexity index is 1340. The molecule has 0 radical (unpaired) electrons. The number of carbonyl (C=O) groups is 4. The minimum Gasteiger partial charge on any atom is -0.391 e. The van der Waals surface area contributed by atoms with Gasteiger partial charge in [-0.2, -0.15) is 0 Å². The van der Waals surface area contributed by atoms with Crippen molar-refractivity contribution in [1.29, 1.82) is 0 Å². The van der Waals surface area contributed by atoms with E-state index in [2.05, 4.69) is 27.4 Å². The number of carbonyl (C=O) groups excluding carboxylic acids is 4. The largest absolute Gasteiger partial charge is 0.391 e. The maximum Gasteiger partial charge on any atom is 0.268 e. The van der Waals surface area contributed by atoms with Crippen LogP contribution in [0.25, 0.3) is 0 Å². The summed E-state index contributed by atoms with van der Waals surface area (Å²) in [4.78, 5) is 52.8. The Morgan fingerprint density at radius 1 is 0.929 bits per heavy atom. The average molecular weight is 576 g/mol. The summed E-state index contributed by atoms with van der Waals surface area (Å²) in [5, 5.41) is 23.8. The van der Waals surface area contributed by atoms with Crippen molar-refractivity contribution in [1.82, 2.24) is 20.6 Å². The van der Waals surface area contributed by atoms with Gasteiger partial charge in [-0.15, -0.1) is 0 Å². The molecule has 1 saturated heterocycles. The van der Waals surface area contributed by atoms with E-state index in [1.807, 2.05) is 29.2 Å². The second-order valence-electron chi connectivity index (χ2n) is 10.8. The molecule has 2 aliphatic rings. The van der Waals surface area contributed by atoms with Crippen LogP contribution in [0.3, 0.4) is 0 Å². The van der Waals surface area contributed by atoms with Crippen molar-refractivity contribution >= 4 is 29.3 Å². The minimum atomic E-state index is -1.30. The number of amides is 4. The number of hydrogen-bond acceptors (Lipinski definition) is 7. The molecule has 1 aliphatic heterocycles. The fourth-order valence-corrected chi connectivity index (χ4v) is 5.03. The molecule has 5 N–H and O–H groups in total. The quantitative estimate of drug-likeness (QED) is 0.173. The molecule has 1 saturated carbocycles.